The molecule has 0 saturated carbocycles. The molecule has 2 rings (SSSR count). The number of rotatable bonds is 2. The molecule has 0 saturated heterocycles. The van der Waals surface area contributed by atoms with Crippen LogP contribution in [0.15, 0.2) is 27.8 Å². The van der Waals surface area contributed by atoms with Crippen molar-refractivity contribution in [3.63, 3.8) is 0 Å². The molecule has 0 unspecified atom stereocenters. The Morgan fingerprint density at radius 3 is 2.93 bits per heavy atom. The number of aryl methyl sites for hydroxylation is 1. The fourth-order valence-corrected chi connectivity index (χ4v) is 2.08. The molecule has 2 heterocycles. The Morgan fingerprint density at radius 1 is 1.60 bits per heavy atom. The van der Waals surface area contributed by atoms with Crippen molar-refractivity contribution in [1.29, 1.82) is 5.26 Å². The molecule has 4 nitrogen and oxygen atoms in total. The minimum atomic E-state index is 0.569. The van der Waals surface area contributed by atoms with Crippen LogP contribution in [0.5, 0.6) is 0 Å². The highest BCUT2D eigenvalue weighted by Crippen LogP contribution is 2.29. The zero-order valence-corrected chi connectivity index (χ0v) is 9.21. The maximum absolute atomic E-state index is 9.08. The zero-order valence-electron chi connectivity index (χ0n) is 8.39. The van der Waals surface area contributed by atoms with Crippen LogP contribution in [-0.2, 0) is 7.05 Å². The number of hydrogen-bond acceptors (Lipinski definition) is 4. The van der Waals surface area contributed by atoms with Crippen molar-refractivity contribution >= 4 is 11.8 Å². The number of hydrogen-bond donors (Lipinski definition) is 0. The molecule has 0 fully saturated rings. The third-order valence-corrected chi connectivity index (χ3v) is 2.91. The van der Waals surface area contributed by atoms with Crippen molar-refractivity contribution in [3.05, 3.63) is 24.0 Å². The fraction of sp³-hybridized carbons (Fsp3) is 0.200. The summed E-state index contributed by atoms with van der Waals surface area (Å²) < 4.78 is 6.93. The first kappa shape index (κ1) is 9.87. The summed E-state index contributed by atoms with van der Waals surface area (Å²) in [6.45, 7) is 0. The molecule has 0 radical (unpaired) electrons. The van der Waals surface area contributed by atoms with Gasteiger partial charge in [-0.25, -0.2) is 0 Å². The number of thioether (sulfide) groups is 1. The highest BCUT2D eigenvalue weighted by molar-refractivity contribution is 7.98. The van der Waals surface area contributed by atoms with E-state index in [1.54, 1.807) is 23.1 Å². The lowest BCUT2D eigenvalue weighted by molar-refractivity contribution is 0.577. The summed E-state index contributed by atoms with van der Waals surface area (Å²) in [5.74, 6) is 0.627. The molecule has 0 aliphatic heterocycles. The van der Waals surface area contributed by atoms with Crippen LogP contribution >= 0.6 is 11.8 Å². The van der Waals surface area contributed by atoms with E-state index in [4.69, 9.17) is 9.68 Å². The van der Waals surface area contributed by atoms with Crippen molar-refractivity contribution in [3.8, 4) is 17.5 Å². The molecule has 0 aliphatic rings. The van der Waals surface area contributed by atoms with Crippen molar-refractivity contribution in [2.45, 2.75) is 5.03 Å². The highest BCUT2D eigenvalue weighted by Gasteiger charge is 2.18. The van der Waals surface area contributed by atoms with Crippen LogP contribution in [0.3, 0.4) is 0 Å². The second kappa shape index (κ2) is 3.83. The summed E-state index contributed by atoms with van der Waals surface area (Å²) in [6, 6.07) is 5.74. The predicted molar refractivity (Wildman–Crippen MR) is 57.4 cm³/mol. The van der Waals surface area contributed by atoms with E-state index in [2.05, 4.69) is 11.2 Å². The van der Waals surface area contributed by atoms with Crippen molar-refractivity contribution < 1.29 is 4.42 Å². The van der Waals surface area contributed by atoms with Crippen molar-refractivity contribution in [2.75, 3.05) is 6.26 Å². The molecule has 2 aromatic heterocycles. The van der Waals surface area contributed by atoms with Gasteiger partial charge in [0.25, 0.3) is 0 Å². The van der Waals surface area contributed by atoms with Crippen LogP contribution in [0.4, 0.5) is 0 Å². The minimum Gasteiger partial charge on any atom is -0.463 e. The topological polar surface area (TPSA) is 54.8 Å². The van der Waals surface area contributed by atoms with Gasteiger partial charge in [-0.3, -0.25) is 4.68 Å². The first-order chi connectivity index (χ1) is 7.27. The smallest absolute Gasteiger partial charge is 0.155 e. The molecule has 0 amide bonds. The first-order valence-corrected chi connectivity index (χ1v) is 5.55. The molecular weight excluding hydrogens is 210 g/mol. The van der Waals surface area contributed by atoms with Gasteiger partial charge in [0.1, 0.15) is 22.4 Å². The summed E-state index contributed by atoms with van der Waals surface area (Å²) in [7, 11) is 1.82. The normalized spacial score (nSPS) is 10.2. The molecule has 76 valence electrons. The number of furan rings is 1. The highest BCUT2D eigenvalue weighted by atomic mass is 32.2. The molecule has 5 heteroatoms. The Balaban J connectivity index is 2.64. The van der Waals surface area contributed by atoms with E-state index in [0.29, 0.717) is 17.0 Å². The van der Waals surface area contributed by atoms with Gasteiger partial charge in [-0.05, 0) is 18.4 Å². The molecule has 2 aromatic rings. The lowest BCUT2D eigenvalue weighted by Crippen LogP contribution is -1.91. The first-order valence-electron chi connectivity index (χ1n) is 4.33. The second-order valence-corrected chi connectivity index (χ2v) is 3.74. The quantitative estimate of drug-likeness (QED) is 0.727. The van der Waals surface area contributed by atoms with Crippen LogP contribution in [0.1, 0.15) is 5.56 Å². The minimum absolute atomic E-state index is 0.569. The summed E-state index contributed by atoms with van der Waals surface area (Å²) >= 11 is 1.50. The van der Waals surface area contributed by atoms with Gasteiger partial charge in [-0.1, -0.05) is 0 Å². The molecule has 0 bridgehead atoms. The molecule has 0 aliphatic carbocycles. The summed E-state index contributed by atoms with van der Waals surface area (Å²) in [5, 5.41) is 14.2. The summed E-state index contributed by atoms with van der Waals surface area (Å²) in [6.07, 6.45) is 3.49. The lowest BCUT2D eigenvalue weighted by atomic mass is 10.2. The van der Waals surface area contributed by atoms with Gasteiger partial charge >= 0.3 is 0 Å². The Hall–Kier alpha value is -1.67. The van der Waals surface area contributed by atoms with Gasteiger partial charge in [0.2, 0.25) is 0 Å². The van der Waals surface area contributed by atoms with Crippen LogP contribution < -0.4 is 0 Å². The van der Waals surface area contributed by atoms with Gasteiger partial charge in [0, 0.05) is 7.05 Å². The summed E-state index contributed by atoms with van der Waals surface area (Å²) in [5.41, 5.74) is 1.18. The largest absolute Gasteiger partial charge is 0.463 e. The predicted octanol–water partition coefficient (Wildman–Crippen LogP) is 2.27. The van der Waals surface area contributed by atoms with Crippen LogP contribution in [-0.4, -0.2) is 16.0 Å². The maximum atomic E-state index is 9.08. The number of nitriles is 1. The van der Waals surface area contributed by atoms with Gasteiger partial charge < -0.3 is 4.42 Å². The fourth-order valence-electron chi connectivity index (χ4n) is 1.43. The third-order valence-electron chi connectivity index (χ3n) is 2.05. The maximum Gasteiger partial charge on any atom is 0.155 e. The molecular formula is C10H9N3OS. The van der Waals surface area contributed by atoms with Crippen LogP contribution in [0, 0.1) is 11.3 Å². The Kier molecular flexibility index (Phi) is 2.52. The van der Waals surface area contributed by atoms with E-state index >= 15 is 0 Å². The number of aromatic nitrogens is 2. The molecule has 0 spiro atoms. The Labute approximate surface area is 91.5 Å². The number of nitrogens with zero attached hydrogens (tertiary/aromatic N) is 3. The Morgan fingerprint density at radius 2 is 2.40 bits per heavy atom. The average Bonchev–Trinajstić information content (AvgIpc) is 2.83. The van der Waals surface area contributed by atoms with Gasteiger partial charge in [-0.2, -0.15) is 10.4 Å². The third kappa shape index (κ3) is 1.53. The Bertz CT molecular complexity index is 508. The van der Waals surface area contributed by atoms with E-state index in [-0.39, 0.29) is 0 Å². The van der Waals surface area contributed by atoms with Crippen LogP contribution in [0.25, 0.3) is 11.5 Å². The summed E-state index contributed by atoms with van der Waals surface area (Å²) in [4.78, 5) is 0. The van der Waals surface area contributed by atoms with Crippen molar-refractivity contribution in [2.24, 2.45) is 7.05 Å². The van der Waals surface area contributed by atoms with Crippen molar-refractivity contribution in [1.82, 2.24) is 9.78 Å². The van der Waals surface area contributed by atoms with Gasteiger partial charge in [0.05, 0.1) is 6.26 Å². The van der Waals surface area contributed by atoms with E-state index in [1.165, 1.54) is 11.8 Å². The standard InChI is InChI=1S/C10H9N3OS/c1-13-10(15-2)7(6-11)9(12-13)8-4-3-5-14-8/h3-5H,1-2H3. The van der Waals surface area contributed by atoms with E-state index in [1.807, 2.05) is 13.3 Å². The monoisotopic (exact) mass is 219 g/mol. The van der Waals surface area contributed by atoms with E-state index < -0.39 is 0 Å². The zero-order chi connectivity index (χ0) is 10.8. The molecule has 0 aromatic carbocycles. The van der Waals surface area contributed by atoms with E-state index in [0.717, 1.165) is 5.03 Å². The SMILES string of the molecule is CSc1c(C#N)c(-c2ccco2)nn1C. The molecule has 0 N–H and O–H groups in total. The average molecular weight is 219 g/mol. The van der Waals surface area contributed by atoms with Crippen LogP contribution in [0.2, 0.25) is 0 Å². The molecule has 0 atom stereocenters. The lowest BCUT2D eigenvalue weighted by Gasteiger charge is -1.94. The van der Waals surface area contributed by atoms with E-state index in [9.17, 15) is 0 Å². The second-order valence-electron chi connectivity index (χ2n) is 2.95. The van der Waals surface area contributed by atoms with Gasteiger partial charge in [-0.15, -0.1) is 11.8 Å². The molecule has 15 heavy (non-hydrogen) atoms. The van der Waals surface area contributed by atoms with Gasteiger partial charge in [0.15, 0.2) is 5.76 Å².